The molecule has 2 atom stereocenters. The minimum atomic E-state index is 0. The van der Waals surface area contributed by atoms with Gasteiger partial charge in [-0.15, -0.1) is 35.5 Å². The van der Waals surface area contributed by atoms with Crippen LogP contribution in [0.4, 0.5) is 0 Å². The summed E-state index contributed by atoms with van der Waals surface area (Å²) in [5.74, 6) is 1.18. The van der Waals surface area contributed by atoms with Crippen LogP contribution < -0.4 is 24.8 Å². The predicted octanol–water partition coefficient (Wildman–Crippen LogP) is 4.57. The van der Waals surface area contributed by atoms with Crippen molar-refractivity contribution in [3.05, 3.63) is 204 Å². The van der Waals surface area contributed by atoms with Gasteiger partial charge in [-0.3, -0.25) is 0 Å². The van der Waals surface area contributed by atoms with Crippen molar-refractivity contribution in [2.75, 3.05) is 0 Å². The van der Waals surface area contributed by atoms with Gasteiger partial charge in [0, 0.05) is 0 Å². The van der Waals surface area contributed by atoms with Crippen LogP contribution in [-0.4, -0.2) is 6.16 Å². The Labute approximate surface area is 311 Å². The molecule has 0 N–H and O–H groups in total. The molecule has 0 nitrogen and oxygen atoms in total. The number of hydrogen-bond acceptors (Lipinski definition) is 0. The molecule has 0 aliphatic heterocycles. The fraction of sp³-hybridized carbons (Fsp3) is 0.163. The van der Waals surface area contributed by atoms with Crippen molar-refractivity contribution >= 4 is 17.3 Å². The van der Waals surface area contributed by atoms with Crippen LogP contribution in [0.1, 0.15) is 43.4 Å². The van der Waals surface area contributed by atoms with Crippen molar-refractivity contribution < 1.29 is 48.1 Å². The molecule has 238 valence electrons. The van der Waals surface area contributed by atoms with Crippen LogP contribution in [-0.2, 0) is 29.4 Å². The molecule has 0 radical (unpaired) electrons. The molecule has 0 bridgehead atoms. The van der Waals surface area contributed by atoms with Gasteiger partial charge >= 0.3 is 71.4 Å². The van der Waals surface area contributed by atoms with Crippen molar-refractivity contribution in [1.82, 2.24) is 0 Å². The minimum absolute atomic E-state index is 0. The van der Waals surface area contributed by atoms with Gasteiger partial charge in [0.05, 0.1) is 0 Å². The van der Waals surface area contributed by atoms with Gasteiger partial charge in [-0.2, -0.15) is 36.1 Å². The van der Waals surface area contributed by atoms with E-state index in [1.165, 1.54) is 69.0 Å². The van der Waals surface area contributed by atoms with Crippen LogP contribution in [0, 0.1) is 24.7 Å². The van der Waals surface area contributed by atoms with Crippen LogP contribution in [0.25, 0.3) is 11.1 Å². The number of fused-ring (bicyclic) bond motifs is 2. The van der Waals surface area contributed by atoms with Crippen molar-refractivity contribution in [3.8, 4) is 0 Å². The summed E-state index contributed by atoms with van der Waals surface area (Å²) in [5, 5.41) is 0. The third-order valence-corrected chi connectivity index (χ3v) is 10.5. The van der Waals surface area contributed by atoms with E-state index in [1.807, 2.05) is 0 Å². The second-order valence-electron chi connectivity index (χ2n) is 11.4. The van der Waals surface area contributed by atoms with Gasteiger partial charge in [0.15, 0.2) is 0 Å². The average molecular weight is 749 g/mol. The summed E-state index contributed by atoms with van der Waals surface area (Å²) < 4.78 is 0. The van der Waals surface area contributed by atoms with Crippen molar-refractivity contribution in [1.29, 1.82) is 0 Å². The Morgan fingerprint density at radius 3 is 1.30 bits per heavy atom. The monoisotopic (exact) mass is 746 g/mol. The standard InChI is InChI=1S/2C18H17.C7H8Si.2ClH.Zr/c2*1-2-14-12-16-10-6-7-11-17(18(16)13-14)15-8-4-3-5-9-15;8-6-7-4-2-1-3-5-7;;;/h2*3-14H,2H2,1H3;1-5,8H,6H2;2*1H;/q2*-1;;;;+2/p-2. The summed E-state index contributed by atoms with van der Waals surface area (Å²) >= 11 is 1.72. The average Bonchev–Trinajstić information content (AvgIpc) is 3.58. The van der Waals surface area contributed by atoms with Gasteiger partial charge in [-0.1, -0.05) is 135 Å². The quantitative estimate of drug-likeness (QED) is 0.257. The zero-order valence-corrected chi connectivity index (χ0v) is 32.3. The van der Waals surface area contributed by atoms with Crippen LogP contribution in [0.5, 0.6) is 0 Å². The Morgan fingerprint density at radius 2 is 0.915 bits per heavy atom. The molecule has 0 heterocycles. The van der Waals surface area contributed by atoms with Gasteiger partial charge in [-0.25, -0.2) is 0 Å². The van der Waals surface area contributed by atoms with E-state index in [2.05, 4.69) is 178 Å². The van der Waals surface area contributed by atoms with E-state index < -0.39 is 0 Å². The zero-order chi connectivity index (χ0) is 31.3. The SMILES string of the molecule is CCC1C=C2C(=CC=CC=C2c2ccccc2)[CH-]1.CCC1C=C2C(=CC=CC=C2c2ccccc2)[CH-]1.[Cl-].[Cl-].[Zr+2]=[SiH]Cc1ccccc1. The molecule has 3 aromatic rings. The van der Waals surface area contributed by atoms with E-state index in [1.54, 1.807) is 23.3 Å². The molecule has 47 heavy (non-hydrogen) atoms. The summed E-state index contributed by atoms with van der Waals surface area (Å²) in [7, 11) is 0. The van der Waals surface area contributed by atoms with Crippen LogP contribution in [0.2, 0.25) is 0 Å². The Hall–Kier alpha value is -3.00. The fourth-order valence-corrected chi connectivity index (χ4v) is 8.13. The second kappa shape index (κ2) is 20.4. The predicted molar refractivity (Wildman–Crippen MR) is 193 cm³/mol. The van der Waals surface area contributed by atoms with Crippen LogP contribution in [0.15, 0.2) is 174 Å². The molecular formula is C43H42Cl2SiZr-2. The molecule has 7 rings (SSSR count). The summed E-state index contributed by atoms with van der Waals surface area (Å²) in [6.45, 7) is 4.48. The molecule has 4 heteroatoms. The second-order valence-corrected chi connectivity index (χ2v) is 15.3. The molecule has 0 aromatic heterocycles. The molecule has 0 fully saturated rings. The van der Waals surface area contributed by atoms with Gasteiger partial charge in [0.2, 0.25) is 0 Å². The number of rotatable bonds is 6. The Morgan fingerprint density at radius 1 is 0.532 bits per heavy atom. The maximum atomic E-state index is 2.40. The van der Waals surface area contributed by atoms with E-state index in [9.17, 15) is 0 Å². The van der Waals surface area contributed by atoms with Gasteiger partial charge in [0.25, 0.3) is 0 Å². The summed E-state index contributed by atoms with van der Waals surface area (Å²) in [6.07, 6.45) is 30.0. The number of hydrogen-bond donors (Lipinski definition) is 0. The first-order chi connectivity index (χ1) is 22.2. The normalized spacial score (nSPS) is 18.1. The Kier molecular flexibility index (Phi) is 16.7. The van der Waals surface area contributed by atoms with Crippen LogP contribution in [0.3, 0.4) is 0 Å². The molecule has 2 unspecified atom stereocenters. The van der Waals surface area contributed by atoms with Gasteiger partial charge in [-0.05, 0) is 11.1 Å². The maximum absolute atomic E-state index is 2.40. The molecule has 0 saturated carbocycles. The summed E-state index contributed by atoms with van der Waals surface area (Å²) in [6, 6.07) is 33.3. The number of halogens is 2. The van der Waals surface area contributed by atoms with E-state index in [0.29, 0.717) is 18.0 Å². The van der Waals surface area contributed by atoms with Crippen LogP contribution >= 0.6 is 0 Å². The molecule has 0 saturated heterocycles. The first-order valence-corrected chi connectivity index (χ1v) is 21.8. The van der Waals surface area contributed by atoms with E-state index in [4.69, 9.17) is 0 Å². The molecular weight excluding hydrogens is 707 g/mol. The van der Waals surface area contributed by atoms with E-state index >= 15 is 0 Å². The topological polar surface area (TPSA) is 0 Å². The summed E-state index contributed by atoms with van der Waals surface area (Å²) in [4.78, 5) is 0. The van der Waals surface area contributed by atoms with E-state index in [0.717, 1.165) is 0 Å². The van der Waals surface area contributed by atoms with Crippen molar-refractivity contribution in [2.45, 2.75) is 32.7 Å². The third-order valence-electron chi connectivity index (χ3n) is 8.34. The van der Waals surface area contributed by atoms with Crippen molar-refractivity contribution in [2.24, 2.45) is 11.8 Å². The van der Waals surface area contributed by atoms with Gasteiger partial charge in [0.1, 0.15) is 0 Å². The summed E-state index contributed by atoms with van der Waals surface area (Å²) in [5.41, 5.74) is 12.3. The Balaban J connectivity index is 0.000000198. The van der Waals surface area contributed by atoms with Gasteiger partial charge < -0.3 is 24.8 Å². The van der Waals surface area contributed by atoms with E-state index in [-0.39, 0.29) is 24.8 Å². The van der Waals surface area contributed by atoms with Crippen molar-refractivity contribution in [3.63, 3.8) is 0 Å². The molecule has 4 aliphatic rings. The fourth-order valence-electron chi connectivity index (χ4n) is 5.88. The number of benzene rings is 3. The molecule has 3 aromatic carbocycles. The zero-order valence-electron chi connectivity index (χ0n) is 27.2. The molecule has 0 spiro atoms. The third kappa shape index (κ3) is 10.8. The number of allylic oxidation sites excluding steroid dienone is 16. The molecule has 4 aliphatic carbocycles. The first kappa shape index (κ1) is 38.4. The Bertz CT molecular complexity index is 1580. The first-order valence-electron chi connectivity index (χ1n) is 16.2. The molecule has 0 amide bonds.